The van der Waals surface area contributed by atoms with Crippen molar-refractivity contribution in [3.05, 3.63) is 21.9 Å². The van der Waals surface area contributed by atoms with Gasteiger partial charge in [-0.1, -0.05) is 0 Å². The molecule has 0 unspecified atom stereocenters. The van der Waals surface area contributed by atoms with Gasteiger partial charge in [-0.3, -0.25) is 9.36 Å². The number of hydrogen-bond donors (Lipinski definition) is 1. The number of ether oxygens (including phenoxy) is 2. The number of aromatic hydroxyl groups is 1. The summed E-state index contributed by atoms with van der Waals surface area (Å²) >= 11 is 0. The summed E-state index contributed by atoms with van der Waals surface area (Å²) in [7, 11) is 3.38. The molecule has 27 heavy (non-hydrogen) atoms. The summed E-state index contributed by atoms with van der Waals surface area (Å²) in [6.07, 6.45) is 0.873. The first kappa shape index (κ1) is 19.2. The number of hydrogen-bond acceptors (Lipinski definition) is 7. The smallest absolute Gasteiger partial charge is 0.361 e. The lowest BCUT2D eigenvalue weighted by Crippen LogP contribution is -2.53. The largest absolute Gasteiger partial charge is 0.501 e. The number of nitrogens with zero attached hydrogens (tertiary/aromatic N) is 4. The Bertz CT molecular complexity index is 810. The van der Waals surface area contributed by atoms with Gasteiger partial charge in [0.05, 0.1) is 19.8 Å². The number of fused-ring (bicyclic) bond motifs is 2. The lowest BCUT2D eigenvalue weighted by molar-refractivity contribution is -0.113. The minimum absolute atomic E-state index is 0.0936. The number of esters is 1. The minimum atomic E-state index is -0.880. The summed E-state index contributed by atoms with van der Waals surface area (Å²) in [4.78, 5) is 44.3. The molecule has 1 aromatic heterocycles. The van der Waals surface area contributed by atoms with Crippen LogP contribution in [0.4, 0.5) is 4.79 Å². The Morgan fingerprint density at radius 2 is 1.96 bits per heavy atom. The van der Waals surface area contributed by atoms with Crippen molar-refractivity contribution >= 4 is 12.0 Å². The summed E-state index contributed by atoms with van der Waals surface area (Å²) in [5, 5.41) is 10.1. The molecule has 3 rings (SSSR count). The lowest BCUT2D eigenvalue weighted by Gasteiger charge is -2.44. The molecule has 1 aromatic rings. The van der Waals surface area contributed by atoms with E-state index < -0.39 is 28.6 Å². The van der Waals surface area contributed by atoms with Gasteiger partial charge < -0.3 is 24.4 Å². The highest BCUT2D eigenvalue weighted by atomic mass is 16.5. The van der Waals surface area contributed by atoms with Crippen molar-refractivity contribution in [1.82, 2.24) is 19.4 Å². The Balaban J connectivity index is 1.98. The first-order valence-corrected chi connectivity index (χ1v) is 8.92. The van der Waals surface area contributed by atoms with Crippen molar-refractivity contribution in [2.45, 2.75) is 31.9 Å². The lowest BCUT2D eigenvalue weighted by atomic mass is 9.88. The molecule has 1 N–H and O–H groups in total. The van der Waals surface area contributed by atoms with Gasteiger partial charge >= 0.3 is 12.0 Å². The van der Waals surface area contributed by atoms with Crippen LogP contribution >= 0.6 is 0 Å². The van der Waals surface area contributed by atoms with Crippen molar-refractivity contribution < 1.29 is 24.2 Å². The normalized spacial score (nSPS) is 18.1. The fourth-order valence-electron chi connectivity index (χ4n) is 3.55. The fraction of sp³-hybridized carbons (Fsp3) is 0.647. The van der Waals surface area contributed by atoms with E-state index in [4.69, 9.17) is 9.47 Å². The van der Waals surface area contributed by atoms with Crippen LogP contribution in [-0.4, -0.2) is 76.9 Å². The summed E-state index contributed by atoms with van der Waals surface area (Å²) in [6, 6.07) is -0.0936. The van der Waals surface area contributed by atoms with Gasteiger partial charge in [-0.25, -0.2) is 14.6 Å². The SMILES string of the molecule is CCOC(=O)c1nc2n(c(=O)c1O)CCOC21CCN(C(=O)N(C)C)CC1. The maximum absolute atomic E-state index is 12.6. The molecule has 1 fully saturated rings. The second kappa shape index (κ2) is 7.18. The molecule has 0 aliphatic carbocycles. The van der Waals surface area contributed by atoms with E-state index in [1.165, 1.54) is 9.47 Å². The van der Waals surface area contributed by atoms with Gasteiger partial charge in [0.25, 0.3) is 5.56 Å². The third kappa shape index (κ3) is 3.25. The average Bonchev–Trinajstić information content (AvgIpc) is 2.65. The molecule has 2 aliphatic rings. The summed E-state index contributed by atoms with van der Waals surface area (Å²) in [5.74, 6) is -1.26. The molecule has 1 spiro atoms. The van der Waals surface area contributed by atoms with Crippen LogP contribution in [0.1, 0.15) is 36.1 Å². The molecule has 1 saturated heterocycles. The van der Waals surface area contributed by atoms with Crippen LogP contribution < -0.4 is 5.56 Å². The minimum Gasteiger partial charge on any atom is -0.501 e. The van der Waals surface area contributed by atoms with E-state index in [-0.39, 0.29) is 25.8 Å². The highest BCUT2D eigenvalue weighted by molar-refractivity contribution is 5.90. The van der Waals surface area contributed by atoms with Crippen LogP contribution in [0.5, 0.6) is 5.75 Å². The van der Waals surface area contributed by atoms with Gasteiger partial charge in [0.15, 0.2) is 5.69 Å². The van der Waals surface area contributed by atoms with Gasteiger partial charge in [-0.15, -0.1) is 0 Å². The number of likely N-dealkylation sites (tertiary alicyclic amines) is 1. The van der Waals surface area contributed by atoms with Crippen LogP contribution in [0.15, 0.2) is 4.79 Å². The maximum atomic E-state index is 12.6. The molecule has 0 atom stereocenters. The monoisotopic (exact) mass is 380 g/mol. The van der Waals surface area contributed by atoms with E-state index in [9.17, 15) is 19.5 Å². The Kier molecular flexibility index (Phi) is 5.09. The van der Waals surface area contributed by atoms with E-state index in [1.54, 1.807) is 25.9 Å². The summed E-state index contributed by atoms with van der Waals surface area (Å²) in [6.45, 7) is 3.11. The molecule has 3 heterocycles. The topological polar surface area (TPSA) is 114 Å². The van der Waals surface area contributed by atoms with Crippen LogP contribution in [0.2, 0.25) is 0 Å². The van der Waals surface area contributed by atoms with Crippen LogP contribution in [0.3, 0.4) is 0 Å². The molecule has 0 aromatic carbocycles. The summed E-state index contributed by atoms with van der Waals surface area (Å²) < 4.78 is 12.3. The molecule has 0 radical (unpaired) electrons. The molecular weight excluding hydrogens is 356 g/mol. The number of carbonyl (C=O) groups excluding carboxylic acids is 2. The second-order valence-electron chi connectivity index (χ2n) is 6.82. The Hall–Kier alpha value is -2.62. The van der Waals surface area contributed by atoms with E-state index in [2.05, 4.69) is 4.98 Å². The molecule has 0 saturated carbocycles. The zero-order chi connectivity index (χ0) is 19.8. The number of rotatable bonds is 2. The standard InChI is InChI=1S/C17H24N4O6/c1-4-26-14(24)11-12(22)13(23)21-9-10-27-17(15(21)18-11)5-7-20(8-6-17)16(25)19(2)3/h22H,4-10H2,1-3H3. The van der Waals surface area contributed by atoms with Crippen molar-refractivity contribution in [2.75, 3.05) is 40.4 Å². The van der Waals surface area contributed by atoms with Crippen molar-refractivity contribution in [2.24, 2.45) is 0 Å². The zero-order valence-electron chi connectivity index (χ0n) is 15.7. The van der Waals surface area contributed by atoms with E-state index >= 15 is 0 Å². The van der Waals surface area contributed by atoms with Crippen molar-refractivity contribution in [3.8, 4) is 5.75 Å². The molecule has 10 heteroatoms. The van der Waals surface area contributed by atoms with Gasteiger partial charge in [0.1, 0.15) is 11.4 Å². The van der Waals surface area contributed by atoms with Gasteiger partial charge in [-0.2, -0.15) is 0 Å². The number of aromatic nitrogens is 2. The van der Waals surface area contributed by atoms with Gasteiger partial charge in [0.2, 0.25) is 5.75 Å². The number of piperidine rings is 1. The predicted molar refractivity (Wildman–Crippen MR) is 93.6 cm³/mol. The predicted octanol–water partition coefficient (Wildman–Crippen LogP) is 0.129. The number of urea groups is 1. The highest BCUT2D eigenvalue weighted by Crippen LogP contribution is 2.38. The van der Waals surface area contributed by atoms with E-state index in [1.807, 2.05) is 0 Å². The molecular formula is C17H24N4O6. The first-order valence-electron chi connectivity index (χ1n) is 8.92. The molecule has 148 valence electrons. The maximum Gasteiger partial charge on any atom is 0.361 e. The van der Waals surface area contributed by atoms with E-state index in [0.717, 1.165) is 0 Å². The summed E-state index contributed by atoms with van der Waals surface area (Å²) in [5.41, 5.74) is -1.96. The molecule has 2 amide bonds. The Labute approximate surface area is 156 Å². The van der Waals surface area contributed by atoms with Gasteiger partial charge in [0, 0.05) is 40.0 Å². The molecule has 2 aliphatic heterocycles. The Morgan fingerprint density at radius 3 is 2.56 bits per heavy atom. The highest BCUT2D eigenvalue weighted by Gasteiger charge is 2.45. The molecule has 0 bridgehead atoms. The third-order valence-electron chi connectivity index (χ3n) is 4.94. The number of carbonyl (C=O) groups is 2. The second-order valence-corrected chi connectivity index (χ2v) is 6.82. The van der Waals surface area contributed by atoms with Crippen molar-refractivity contribution in [3.63, 3.8) is 0 Å². The van der Waals surface area contributed by atoms with Crippen LogP contribution in [0.25, 0.3) is 0 Å². The average molecular weight is 380 g/mol. The molecule has 10 nitrogen and oxygen atoms in total. The van der Waals surface area contributed by atoms with Crippen LogP contribution in [0, 0.1) is 0 Å². The number of amides is 2. The quantitative estimate of drug-likeness (QED) is 0.725. The van der Waals surface area contributed by atoms with Crippen LogP contribution in [-0.2, 0) is 21.6 Å². The van der Waals surface area contributed by atoms with Crippen molar-refractivity contribution in [1.29, 1.82) is 0 Å². The fourth-order valence-corrected chi connectivity index (χ4v) is 3.55. The Morgan fingerprint density at radius 1 is 1.30 bits per heavy atom. The van der Waals surface area contributed by atoms with Gasteiger partial charge in [-0.05, 0) is 6.92 Å². The first-order chi connectivity index (χ1) is 12.8. The zero-order valence-corrected chi connectivity index (χ0v) is 15.7. The third-order valence-corrected chi connectivity index (χ3v) is 4.94. The van der Waals surface area contributed by atoms with E-state index in [0.29, 0.717) is 31.8 Å².